The molecule has 19 heavy (non-hydrogen) atoms. The Balaban J connectivity index is 2.39. The molecule has 106 valence electrons. The number of hydrogen-bond acceptors (Lipinski definition) is 3. The number of ether oxygens (including phenoxy) is 1. The number of hydrogen-bond donors (Lipinski definition) is 1. The topological polar surface area (TPSA) is 24.5 Å². The molecule has 1 fully saturated rings. The largest absolute Gasteiger partial charge is 0.496 e. The summed E-state index contributed by atoms with van der Waals surface area (Å²) in [6, 6.07) is 5.32. The van der Waals surface area contributed by atoms with Crippen molar-refractivity contribution < 1.29 is 4.74 Å². The standard InChI is InChI=1S/C16H26N2O/c1-11-12(2)15(19-5)9-8-13(11)16(18(3)4)14-7-6-10-17-14/h8-9,14,16-17H,6-7,10H2,1-5H3. The first-order valence-electron chi connectivity index (χ1n) is 7.10. The van der Waals surface area contributed by atoms with Crippen LogP contribution in [-0.2, 0) is 0 Å². The van der Waals surface area contributed by atoms with Crippen molar-refractivity contribution in [3.8, 4) is 5.75 Å². The Morgan fingerprint density at radius 2 is 2.00 bits per heavy atom. The number of likely N-dealkylation sites (N-methyl/N-ethyl adjacent to an activating group) is 1. The fourth-order valence-electron chi connectivity index (χ4n) is 3.19. The van der Waals surface area contributed by atoms with Crippen LogP contribution in [0.3, 0.4) is 0 Å². The van der Waals surface area contributed by atoms with E-state index >= 15 is 0 Å². The Kier molecular flexibility index (Phi) is 4.48. The van der Waals surface area contributed by atoms with Gasteiger partial charge < -0.3 is 15.0 Å². The minimum absolute atomic E-state index is 0.437. The van der Waals surface area contributed by atoms with Crippen molar-refractivity contribution in [1.82, 2.24) is 10.2 Å². The van der Waals surface area contributed by atoms with Crippen molar-refractivity contribution >= 4 is 0 Å². The van der Waals surface area contributed by atoms with Crippen LogP contribution in [0, 0.1) is 13.8 Å². The minimum atomic E-state index is 0.437. The minimum Gasteiger partial charge on any atom is -0.496 e. The van der Waals surface area contributed by atoms with Crippen molar-refractivity contribution in [2.24, 2.45) is 0 Å². The van der Waals surface area contributed by atoms with Crippen molar-refractivity contribution in [3.05, 3.63) is 28.8 Å². The average Bonchev–Trinajstić information content (AvgIpc) is 2.88. The fraction of sp³-hybridized carbons (Fsp3) is 0.625. The van der Waals surface area contributed by atoms with Crippen LogP contribution < -0.4 is 10.1 Å². The van der Waals surface area contributed by atoms with Crippen molar-refractivity contribution in [2.75, 3.05) is 27.7 Å². The Morgan fingerprint density at radius 3 is 2.53 bits per heavy atom. The van der Waals surface area contributed by atoms with E-state index in [9.17, 15) is 0 Å². The van der Waals surface area contributed by atoms with Gasteiger partial charge in [0, 0.05) is 12.1 Å². The third kappa shape index (κ3) is 2.77. The van der Waals surface area contributed by atoms with Gasteiger partial charge in [-0.25, -0.2) is 0 Å². The third-order valence-corrected chi connectivity index (χ3v) is 4.35. The highest BCUT2D eigenvalue weighted by molar-refractivity contribution is 5.45. The maximum Gasteiger partial charge on any atom is 0.122 e. The second-order valence-electron chi connectivity index (χ2n) is 5.72. The third-order valence-electron chi connectivity index (χ3n) is 4.35. The number of methoxy groups -OCH3 is 1. The highest BCUT2D eigenvalue weighted by atomic mass is 16.5. The van der Waals surface area contributed by atoms with Gasteiger partial charge in [0.25, 0.3) is 0 Å². The summed E-state index contributed by atoms with van der Waals surface area (Å²) in [7, 11) is 6.08. The predicted octanol–water partition coefficient (Wildman–Crippen LogP) is 2.67. The maximum atomic E-state index is 5.42. The first-order chi connectivity index (χ1) is 9.06. The van der Waals surface area contributed by atoms with E-state index in [4.69, 9.17) is 4.74 Å². The van der Waals surface area contributed by atoms with Crippen LogP contribution in [0.1, 0.15) is 35.6 Å². The molecule has 1 saturated heterocycles. The van der Waals surface area contributed by atoms with E-state index in [-0.39, 0.29) is 0 Å². The summed E-state index contributed by atoms with van der Waals surface area (Å²) >= 11 is 0. The number of nitrogens with one attached hydrogen (secondary N) is 1. The molecule has 0 bridgehead atoms. The van der Waals surface area contributed by atoms with Gasteiger partial charge in [0.2, 0.25) is 0 Å². The zero-order chi connectivity index (χ0) is 14.0. The molecular weight excluding hydrogens is 236 g/mol. The fourth-order valence-corrected chi connectivity index (χ4v) is 3.19. The van der Waals surface area contributed by atoms with E-state index < -0.39 is 0 Å². The summed E-state index contributed by atoms with van der Waals surface area (Å²) in [5.41, 5.74) is 4.03. The lowest BCUT2D eigenvalue weighted by atomic mass is 9.91. The summed E-state index contributed by atoms with van der Waals surface area (Å²) in [6.07, 6.45) is 2.54. The first-order valence-corrected chi connectivity index (χ1v) is 7.10. The van der Waals surface area contributed by atoms with Crippen molar-refractivity contribution in [2.45, 2.75) is 38.8 Å². The van der Waals surface area contributed by atoms with Gasteiger partial charge in [-0.05, 0) is 70.1 Å². The van der Waals surface area contributed by atoms with E-state index in [1.165, 1.54) is 29.5 Å². The Hall–Kier alpha value is -1.06. The number of nitrogens with zero attached hydrogens (tertiary/aromatic N) is 1. The molecule has 1 N–H and O–H groups in total. The van der Waals surface area contributed by atoms with E-state index in [2.05, 4.69) is 50.3 Å². The normalized spacial score (nSPS) is 20.8. The van der Waals surface area contributed by atoms with Crippen LogP contribution in [0.4, 0.5) is 0 Å². The van der Waals surface area contributed by atoms with E-state index in [0.29, 0.717) is 12.1 Å². The van der Waals surface area contributed by atoms with Crippen molar-refractivity contribution in [1.29, 1.82) is 0 Å². The molecule has 1 aliphatic rings. The lowest BCUT2D eigenvalue weighted by Gasteiger charge is -2.32. The van der Waals surface area contributed by atoms with Crippen molar-refractivity contribution in [3.63, 3.8) is 0 Å². The lowest BCUT2D eigenvalue weighted by Crippen LogP contribution is -2.37. The summed E-state index contributed by atoms with van der Waals surface area (Å²) in [5.74, 6) is 0.984. The molecular formula is C16H26N2O. The summed E-state index contributed by atoms with van der Waals surface area (Å²) in [6.45, 7) is 5.49. The average molecular weight is 262 g/mol. The van der Waals surface area contributed by atoms with Gasteiger partial charge in [-0.3, -0.25) is 0 Å². The number of rotatable bonds is 4. The molecule has 0 radical (unpaired) electrons. The van der Waals surface area contributed by atoms with E-state index in [1.807, 2.05) is 0 Å². The quantitative estimate of drug-likeness (QED) is 0.903. The lowest BCUT2D eigenvalue weighted by molar-refractivity contribution is 0.243. The maximum absolute atomic E-state index is 5.42. The molecule has 0 amide bonds. The van der Waals surface area contributed by atoms with Gasteiger partial charge >= 0.3 is 0 Å². The summed E-state index contributed by atoms with van der Waals surface area (Å²) in [5, 5.41) is 3.64. The van der Waals surface area contributed by atoms with Gasteiger partial charge in [-0.15, -0.1) is 0 Å². The molecule has 0 saturated carbocycles. The second-order valence-corrected chi connectivity index (χ2v) is 5.72. The molecule has 0 spiro atoms. The molecule has 1 aromatic carbocycles. The molecule has 2 rings (SSSR count). The SMILES string of the molecule is COc1ccc(C(C2CCCN2)N(C)C)c(C)c1C. The van der Waals surface area contributed by atoms with Crippen LogP contribution in [0.2, 0.25) is 0 Å². The van der Waals surface area contributed by atoms with Crippen LogP contribution in [0.5, 0.6) is 5.75 Å². The molecule has 0 aliphatic carbocycles. The number of benzene rings is 1. The first kappa shape index (κ1) is 14.4. The molecule has 3 heteroatoms. The highest BCUT2D eigenvalue weighted by Crippen LogP contribution is 2.33. The zero-order valence-electron chi connectivity index (χ0n) is 12.8. The molecule has 1 aliphatic heterocycles. The van der Waals surface area contributed by atoms with Crippen LogP contribution in [0.15, 0.2) is 12.1 Å². The van der Waals surface area contributed by atoms with E-state index in [0.717, 1.165) is 12.3 Å². The van der Waals surface area contributed by atoms with Crippen LogP contribution in [-0.4, -0.2) is 38.7 Å². The summed E-state index contributed by atoms with van der Waals surface area (Å²) < 4.78 is 5.42. The molecule has 1 aromatic rings. The van der Waals surface area contributed by atoms with Gasteiger partial charge in [-0.2, -0.15) is 0 Å². The second kappa shape index (κ2) is 5.93. The summed E-state index contributed by atoms with van der Waals surface area (Å²) in [4.78, 5) is 2.33. The molecule has 3 nitrogen and oxygen atoms in total. The van der Waals surface area contributed by atoms with Gasteiger partial charge in [-0.1, -0.05) is 6.07 Å². The smallest absolute Gasteiger partial charge is 0.122 e. The van der Waals surface area contributed by atoms with E-state index in [1.54, 1.807) is 7.11 Å². The zero-order valence-corrected chi connectivity index (χ0v) is 12.8. The highest BCUT2D eigenvalue weighted by Gasteiger charge is 2.29. The molecule has 0 aromatic heterocycles. The van der Waals surface area contributed by atoms with Gasteiger partial charge in [0.1, 0.15) is 5.75 Å². The predicted molar refractivity (Wildman–Crippen MR) is 79.9 cm³/mol. The van der Waals surface area contributed by atoms with Gasteiger partial charge in [0.15, 0.2) is 0 Å². The Morgan fingerprint density at radius 1 is 1.26 bits per heavy atom. The van der Waals surface area contributed by atoms with Crippen LogP contribution in [0.25, 0.3) is 0 Å². The monoisotopic (exact) mass is 262 g/mol. The Labute approximate surface area is 116 Å². The van der Waals surface area contributed by atoms with Crippen LogP contribution >= 0.6 is 0 Å². The molecule has 1 heterocycles. The Bertz CT molecular complexity index is 437. The van der Waals surface area contributed by atoms with Gasteiger partial charge in [0.05, 0.1) is 7.11 Å². The molecule has 2 atom stereocenters. The molecule has 2 unspecified atom stereocenters.